The van der Waals surface area contributed by atoms with Crippen molar-refractivity contribution in [2.24, 2.45) is 7.05 Å². The average molecular weight is 504 g/mol. The van der Waals surface area contributed by atoms with Gasteiger partial charge < -0.3 is 30.1 Å². The fraction of sp³-hybridized carbons (Fsp3) is 0.200. The summed E-state index contributed by atoms with van der Waals surface area (Å²) >= 11 is 5.45. The number of methoxy groups -OCH3 is 2. The van der Waals surface area contributed by atoms with E-state index in [-0.39, 0.29) is 5.91 Å². The fourth-order valence-corrected chi connectivity index (χ4v) is 4.46. The van der Waals surface area contributed by atoms with Gasteiger partial charge >= 0.3 is 0 Å². The Morgan fingerprint density at radius 2 is 1.92 bits per heavy atom. The van der Waals surface area contributed by atoms with Gasteiger partial charge in [0.25, 0.3) is 5.91 Å². The first-order valence-electron chi connectivity index (χ1n) is 11.2. The van der Waals surface area contributed by atoms with Crippen LogP contribution in [0.25, 0.3) is 32.9 Å². The number of nitrogen functional groups attached to an aromatic ring is 1. The molecule has 0 saturated heterocycles. The highest BCUT2D eigenvalue weighted by Gasteiger charge is 2.14. The molecular formula is C25H25N7O3S. The van der Waals surface area contributed by atoms with Crippen molar-refractivity contribution in [3.8, 4) is 22.6 Å². The van der Waals surface area contributed by atoms with Crippen molar-refractivity contribution in [3.05, 3.63) is 59.3 Å². The van der Waals surface area contributed by atoms with Crippen LogP contribution in [0.1, 0.15) is 10.5 Å². The number of rotatable bonds is 7. The number of hydrogen-bond donors (Lipinski definition) is 3. The third-order valence-electron chi connectivity index (χ3n) is 6.04. The molecule has 0 bridgehead atoms. The SMILES string of the molecule is COc1cc2nc(=S)n(CCNC(=O)c3cc4cc(-c5cnn(C)c5)ccc4[nH]3)c(N)c2cc1OC. The van der Waals surface area contributed by atoms with Crippen LogP contribution in [0.3, 0.4) is 0 Å². The molecule has 1 amide bonds. The van der Waals surface area contributed by atoms with E-state index in [4.69, 9.17) is 27.4 Å². The first-order valence-corrected chi connectivity index (χ1v) is 11.6. The first kappa shape index (κ1) is 23.4. The number of hydrogen-bond acceptors (Lipinski definition) is 7. The Morgan fingerprint density at radius 3 is 2.64 bits per heavy atom. The minimum atomic E-state index is -0.223. The summed E-state index contributed by atoms with van der Waals surface area (Å²) in [6, 6.07) is 11.3. The van der Waals surface area contributed by atoms with E-state index in [1.54, 1.807) is 35.6 Å². The second-order valence-corrected chi connectivity index (χ2v) is 8.66. The van der Waals surface area contributed by atoms with Crippen molar-refractivity contribution in [1.82, 2.24) is 29.6 Å². The Morgan fingerprint density at radius 1 is 1.14 bits per heavy atom. The number of carbonyl (C=O) groups excluding carboxylic acids is 1. The van der Waals surface area contributed by atoms with Crippen LogP contribution in [-0.2, 0) is 13.6 Å². The summed E-state index contributed by atoms with van der Waals surface area (Å²) < 4.78 is 14.5. The summed E-state index contributed by atoms with van der Waals surface area (Å²) in [5.41, 5.74) is 10.4. The van der Waals surface area contributed by atoms with E-state index in [0.717, 1.165) is 22.0 Å². The summed E-state index contributed by atoms with van der Waals surface area (Å²) in [4.78, 5) is 20.5. The molecule has 0 aliphatic heterocycles. The van der Waals surface area contributed by atoms with E-state index in [1.165, 1.54) is 0 Å². The molecule has 0 saturated carbocycles. The molecule has 10 nitrogen and oxygen atoms in total. The summed E-state index contributed by atoms with van der Waals surface area (Å²) in [6.45, 7) is 0.674. The van der Waals surface area contributed by atoms with Crippen molar-refractivity contribution in [2.45, 2.75) is 6.54 Å². The number of aryl methyl sites for hydroxylation is 1. The van der Waals surface area contributed by atoms with Crippen LogP contribution in [0, 0.1) is 4.77 Å². The Balaban J connectivity index is 1.32. The lowest BCUT2D eigenvalue weighted by Gasteiger charge is -2.15. The Kier molecular flexibility index (Phi) is 6.06. The number of fused-ring (bicyclic) bond motifs is 2. The van der Waals surface area contributed by atoms with Gasteiger partial charge in [0.2, 0.25) is 4.77 Å². The monoisotopic (exact) mass is 503 g/mol. The van der Waals surface area contributed by atoms with Gasteiger partial charge in [-0.15, -0.1) is 0 Å². The number of anilines is 1. The minimum Gasteiger partial charge on any atom is -0.493 e. The Bertz CT molecular complexity index is 1670. The van der Waals surface area contributed by atoms with Gasteiger partial charge in [-0.2, -0.15) is 5.10 Å². The summed E-state index contributed by atoms with van der Waals surface area (Å²) in [5.74, 6) is 1.30. The molecule has 0 aliphatic carbocycles. The molecule has 3 aromatic heterocycles. The van der Waals surface area contributed by atoms with Crippen LogP contribution in [0.5, 0.6) is 11.5 Å². The van der Waals surface area contributed by atoms with Gasteiger partial charge in [0.1, 0.15) is 11.5 Å². The third kappa shape index (κ3) is 4.24. The van der Waals surface area contributed by atoms with E-state index in [9.17, 15) is 4.79 Å². The highest BCUT2D eigenvalue weighted by atomic mass is 32.1. The zero-order valence-corrected chi connectivity index (χ0v) is 20.8. The lowest BCUT2D eigenvalue weighted by Crippen LogP contribution is -2.28. The number of amides is 1. The Hall–Kier alpha value is -4.38. The number of benzene rings is 2. The lowest BCUT2D eigenvalue weighted by atomic mass is 10.1. The van der Waals surface area contributed by atoms with E-state index in [0.29, 0.717) is 51.8 Å². The number of nitrogens with zero attached hydrogens (tertiary/aromatic N) is 4. The van der Waals surface area contributed by atoms with Gasteiger partial charge in [0, 0.05) is 54.3 Å². The standard InChI is InChI=1S/C25H25N7O3S/c1-31-13-16(12-28-31)14-4-5-18-15(8-14)9-20(29-18)24(33)27-6-7-32-23(26)17-10-21(34-2)22(35-3)11-19(17)30-25(32)36/h4-5,8-13,29H,6-7,26H2,1-3H3,(H,27,33). The van der Waals surface area contributed by atoms with Gasteiger partial charge in [-0.3, -0.25) is 9.48 Å². The predicted molar refractivity (Wildman–Crippen MR) is 141 cm³/mol. The molecule has 5 rings (SSSR count). The Labute approximate surface area is 211 Å². The van der Waals surface area contributed by atoms with E-state index < -0.39 is 0 Å². The van der Waals surface area contributed by atoms with Crippen molar-refractivity contribution in [2.75, 3.05) is 26.5 Å². The number of carbonyl (C=O) groups is 1. The van der Waals surface area contributed by atoms with E-state index in [1.807, 2.05) is 43.7 Å². The van der Waals surface area contributed by atoms with Crippen molar-refractivity contribution in [3.63, 3.8) is 0 Å². The quantitative estimate of drug-likeness (QED) is 0.289. The van der Waals surface area contributed by atoms with Crippen LogP contribution >= 0.6 is 12.2 Å². The number of H-pyrrole nitrogens is 1. The highest BCUT2D eigenvalue weighted by Crippen LogP contribution is 2.33. The highest BCUT2D eigenvalue weighted by molar-refractivity contribution is 7.71. The number of nitrogens with two attached hydrogens (primary N) is 1. The molecule has 2 aromatic carbocycles. The van der Waals surface area contributed by atoms with Crippen molar-refractivity contribution < 1.29 is 14.3 Å². The maximum absolute atomic E-state index is 12.8. The van der Waals surface area contributed by atoms with Gasteiger partial charge in [-0.1, -0.05) is 6.07 Å². The molecular weight excluding hydrogens is 478 g/mol. The molecule has 3 heterocycles. The minimum absolute atomic E-state index is 0.223. The molecule has 0 atom stereocenters. The molecule has 0 aliphatic rings. The first-order chi connectivity index (χ1) is 17.4. The average Bonchev–Trinajstić information content (AvgIpc) is 3.51. The van der Waals surface area contributed by atoms with Gasteiger partial charge in [-0.25, -0.2) is 4.98 Å². The number of aromatic nitrogens is 5. The van der Waals surface area contributed by atoms with Crippen LogP contribution in [0.15, 0.2) is 48.8 Å². The zero-order chi connectivity index (χ0) is 25.4. The normalized spacial score (nSPS) is 11.2. The molecule has 4 N–H and O–H groups in total. The van der Waals surface area contributed by atoms with Crippen LogP contribution in [0.2, 0.25) is 0 Å². The summed E-state index contributed by atoms with van der Waals surface area (Å²) in [5, 5.41) is 8.77. The summed E-state index contributed by atoms with van der Waals surface area (Å²) in [7, 11) is 4.99. The number of ether oxygens (including phenoxy) is 2. The fourth-order valence-electron chi connectivity index (χ4n) is 4.18. The van der Waals surface area contributed by atoms with Crippen molar-refractivity contribution >= 4 is 45.7 Å². The largest absolute Gasteiger partial charge is 0.493 e. The molecule has 0 fully saturated rings. The molecule has 184 valence electrons. The topological polar surface area (TPSA) is 125 Å². The van der Waals surface area contributed by atoms with E-state index >= 15 is 0 Å². The molecule has 0 spiro atoms. The van der Waals surface area contributed by atoms with Gasteiger partial charge in [0.15, 0.2) is 11.5 Å². The number of nitrogens with one attached hydrogen (secondary N) is 2. The smallest absolute Gasteiger partial charge is 0.267 e. The second-order valence-electron chi connectivity index (χ2n) is 8.30. The molecule has 5 aromatic rings. The van der Waals surface area contributed by atoms with Crippen LogP contribution in [-0.4, -0.2) is 51.0 Å². The van der Waals surface area contributed by atoms with Crippen LogP contribution in [0.4, 0.5) is 5.82 Å². The maximum atomic E-state index is 12.8. The van der Waals surface area contributed by atoms with Crippen LogP contribution < -0.4 is 20.5 Å². The third-order valence-corrected chi connectivity index (χ3v) is 6.35. The zero-order valence-electron chi connectivity index (χ0n) is 20.0. The van der Waals surface area contributed by atoms with Crippen molar-refractivity contribution in [1.29, 1.82) is 0 Å². The molecule has 36 heavy (non-hydrogen) atoms. The molecule has 0 radical (unpaired) electrons. The number of aromatic amines is 1. The predicted octanol–water partition coefficient (Wildman–Crippen LogP) is 3.68. The van der Waals surface area contributed by atoms with Gasteiger partial charge in [0.05, 0.1) is 25.9 Å². The van der Waals surface area contributed by atoms with E-state index in [2.05, 4.69) is 20.4 Å². The molecule has 11 heteroatoms. The summed E-state index contributed by atoms with van der Waals surface area (Å²) in [6.07, 6.45) is 3.76. The molecule has 0 unspecified atom stereocenters. The maximum Gasteiger partial charge on any atom is 0.267 e. The van der Waals surface area contributed by atoms with Gasteiger partial charge in [-0.05, 0) is 42.0 Å². The second kappa shape index (κ2) is 9.34. The lowest BCUT2D eigenvalue weighted by molar-refractivity contribution is 0.0948.